The molecule has 0 bridgehead atoms. The summed E-state index contributed by atoms with van der Waals surface area (Å²) in [7, 11) is 0. The summed E-state index contributed by atoms with van der Waals surface area (Å²) in [5.41, 5.74) is 3.13. The van der Waals surface area contributed by atoms with Crippen molar-refractivity contribution in [2.75, 3.05) is 13.2 Å². The highest BCUT2D eigenvalue weighted by atomic mass is 16.6. The van der Waals surface area contributed by atoms with Gasteiger partial charge in [-0.25, -0.2) is 0 Å². The molecule has 6 rings (SSSR count). The van der Waals surface area contributed by atoms with E-state index in [9.17, 15) is 4.79 Å². The Bertz CT molecular complexity index is 1300. The summed E-state index contributed by atoms with van der Waals surface area (Å²) >= 11 is 0. The Labute approximate surface area is 189 Å². The van der Waals surface area contributed by atoms with Gasteiger partial charge < -0.3 is 24.1 Å². The van der Waals surface area contributed by atoms with Gasteiger partial charge in [0, 0.05) is 22.8 Å². The van der Waals surface area contributed by atoms with E-state index in [-0.39, 0.29) is 12.5 Å². The molecule has 0 spiro atoms. The molecule has 0 aliphatic carbocycles. The van der Waals surface area contributed by atoms with Crippen LogP contribution in [0.1, 0.15) is 22.7 Å². The first-order valence-corrected chi connectivity index (χ1v) is 10.8. The van der Waals surface area contributed by atoms with Crippen LogP contribution in [0.15, 0.2) is 77.3 Å². The third kappa shape index (κ3) is 3.57. The predicted octanol–water partition coefficient (Wildman–Crippen LogP) is 4.67. The van der Waals surface area contributed by atoms with E-state index < -0.39 is 5.92 Å². The van der Waals surface area contributed by atoms with Crippen molar-refractivity contribution in [3.8, 4) is 34.3 Å². The number of hydrogen-bond donors (Lipinski definition) is 1. The molecule has 0 atom stereocenters. The maximum atomic E-state index is 13.3. The summed E-state index contributed by atoms with van der Waals surface area (Å²) in [6.45, 7) is 1.30. The molecule has 2 aliphatic heterocycles. The van der Waals surface area contributed by atoms with E-state index in [2.05, 4.69) is 10.5 Å². The zero-order chi connectivity index (χ0) is 22.2. The van der Waals surface area contributed by atoms with Crippen molar-refractivity contribution in [3.63, 3.8) is 0 Å². The molecule has 33 heavy (non-hydrogen) atoms. The number of para-hydroxylation sites is 2. The van der Waals surface area contributed by atoms with Crippen LogP contribution in [0.4, 0.5) is 0 Å². The summed E-state index contributed by atoms with van der Waals surface area (Å²) in [6, 6.07) is 22.7. The molecule has 1 aromatic heterocycles. The average Bonchev–Trinajstić information content (AvgIpc) is 3.34. The van der Waals surface area contributed by atoms with Gasteiger partial charge in [0.1, 0.15) is 30.4 Å². The second kappa shape index (κ2) is 8.02. The smallest absolute Gasteiger partial charge is 0.232 e. The van der Waals surface area contributed by atoms with E-state index in [0.717, 1.165) is 16.7 Å². The molecule has 3 heterocycles. The standard InChI is InChI=1S/C26H20N2O5/c29-26(25-18-5-1-3-7-20(18)32-21-8-4-2-6-19(21)25)27-15-17-14-23(33-28-17)16-9-10-22-24(13-16)31-12-11-30-22/h1-10,13-14,25H,11-12,15H2,(H,27,29). The first kappa shape index (κ1) is 19.4. The van der Waals surface area contributed by atoms with Crippen LogP contribution in [0.3, 0.4) is 0 Å². The number of fused-ring (bicyclic) bond motifs is 3. The lowest BCUT2D eigenvalue weighted by atomic mass is 9.87. The molecule has 2 aliphatic rings. The van der Waals surface area contributed by atoms with Gasteiger partial charge in [0.25, 0.3) is 0 Å². The number of carbonyl (C=O) groups excluding carboxylic acids is 1. The maximum absolute atomic E-state index is 13.3. The Morgan fingerprint density at radius 1 is 0.848 bits per heavy atom. The minimum absolute atomic E-state index is 0.123. The van der Waals surface area contributed by atoms with Crippen molar-refractivity contribution >= 4 is 5.91 Å². The Morgan fingerprint density at radius 2 is 1.55 bits per heavy atom. The van der Waals surface area contributed by atoms with Gasteiger partial charge in [-0.05, 0) is 30.3 Å². The summed E-state index contributed by atoms with van der Waals surface area (Å²) in [4.78, 5) is 13.3. The number of aromatic nitrogens is 1. The first-order valence-electron chi connectivity index (χ1n) is 10.8. The monoisotopic (exact) mass is 440 g/mol. The predicted molar refractivity (Wildman–Crippen MR) is 120 cm³/mol. The first-order chi connectivity index (χ1) is 16.3. The molecule has 1 amide bonds. The second-order valence-electron chi connectivity index (χ2n) is 7.87. The molecule has 7 nitrogen and oxygen atoms in total. The zero-order valence-corrected chi connectivity index (χ0v) is 17.6. The Kier molecular flexibility index (Phi) is 4.72. The van der Waals surface area contributed by atoms with Crippen LogP contribution in [-0.2, 0) is 11.3 Å². The fourth-order valence-electron chi connectivity index (χ4n) is 4.20. The quantitative estimate of drug-likeness (QED) is 0.497. The molecule has 0 unspecified atom stereocenters. The molecule has 4 aromatic rings. The molecular weight excluding hydrogens is 420 g/mol. The lowest BCUT2D eigenvalue weighted by molar-refractivity contribution is -0.122. The van der Waals surface area contributed by atoms with Gasteiger partial charge in [-0.1, -0.05) is 41.6 Å². The van der Waals surface area contributed by atoms with Gasteiger partial charge >= 0.3 is 0 Å². The third-order valence-electron chi connectivity index (χ3n) is 5.77. The van der Waals surface area contributed by atoms with E-state index in [4.69, 9.17) is 18.7 Å². The number of rotatable bonds is 4. The molecule has 164 valence electrons. The van der Waals surface area contributed by atoms with Crippen molar-refractivity contribution in [1.82, 2.24) is 10.5 Å². The lowest BCUT2D eigenvalue weighted by Crippen LogP contribution is -2.31. The highest BCUT2D eigenvalue weighted by molar-refractivity contribution is 5.89. The molecule has 0 saturated heterocycles. The summed E-state index contributed by atoms with van der Waals surface area (Å²) in [6.07, 6.45) is 0. The van der Waals surface area contributed by atoms with Crippen LogP contribution in [0.25, 0.3) is 11.3 Å². The van der Waals surface area contributed by atoms with Gasteiger partial charge in [0.05, 0.1) is 12.5 Å². The molecule has 0 fully saturated rings. The third-order valence-corrected chi connectivity index (χ3v) is 5.77. The molecular formula is C26H20N2O5. The highest BCUT2D eigenvalue weighted by Gasteiger charge is 2.32. The number of carbonyl (C=O) groups is 1. The molecule has 7 heteroatoms. The van der Waals surface area contributed by atoms with E-state index in [1.54, 1.807) is 0 Å². The fourth-order valence-corrected chi connectivity index (χ4v) is 4.20. The van der Waals surface area contributed by atoms with E-state index in [1.165, 1.54) is 0 Å². The van der Waals surface area contributed by atoms with Crippen LogP contribution >= 0.6 is 0 Å². The molecule has 0 radical (unpaired) electrons. The number of nitrogens with zero attached hydrogens (tertiary/aromatic N) is 1. The van der Waals surface area contributed by atoms with Crippen molar-refractivity contribution in [3.05, 3.63) is 89.6 Å². The summed E-state index contributed by atoms with van der Waals surface area (Å²) in [5.74, 6) is 2.80. The summed E-state index contributed by atoms with van der Waals surface area (Å²) < 4.78 is 22.7. The van der Waals surface area contributed by atoms with Crippen LogP contribution in [-0.4, -0.2) is 24.3 Å². The van der Waals surface area contributed by atoms with Crippen LogP contribution in [0.5, 0.6) is 23.0 Å². The zero-order valence-electron chi connectivity index (χ0n) is 17.6. The van der Waals surface area contributed by atoms with Crippen molar-refractivity contribution in [1.29, 1.82) is 0 Å². The SMILES string of the molecule is O=C(NCc1cc(-c2ccc3c(c2)OCCO3)on1)C1c2ccccc2Oc2ccccc21. The van der Waals surface area contributed by atoms with E-state index in [0.29, 0.717) is 47.7 Å². The number of amides is 1. The second-order valence-corrected chi connectivity index (χ2v) is 7.87. The minimum atomic E-state index is -0.463. The normalized spacial score (nSPS) is 14.1. The minimum Gasteiger partial charge on any atom is -0.486 e. The Hall–Kier alpha value is -4.26. The van der Waals surface area contributed by atoms with E-state index in [1.807, 2.05) is 72.8 Å². The molecule has 1 N–H and O–H groups in total. The van der Waals surface area contributed by atoms with Gasteiger partial charge in [-0.2, -0.15) is 0 Å². The van der Waals surface area contributed by atoms with E-state index >= 15 is 0 Å². The van der Waals surface area contributed by atoms with Crippen LogP contribution in [0, 0.1) is 0 Å². The fraction of sp³-hybridized carbons (Fsp3) is 0.154. The average molecular weight is 440 g/mol. The Morgan fingerprint density at radius 3 is 2.30 bits per heavy atom. The van der Waals surface area contributed by atoms with Crippen molar-refractivity contribution in [2.24, 2.45) is 0 Å². The van der Waals surface area contributed by atoms with Gasteiger partial charge in [-0.15, -0.1) is 0 Å². The number of hydrogen-bond acceptors (Lipinski definition) is 6. The van der Waals surface area contributed by atoms with Gasteiger partial charge in [-0.3, -0.25) is 4.79 Å². The van der Waals surface area contributed by atoms with Crippen LogP contribution in [0.2, 0.25) is 0 Å². The van der Waals surface area contributed by atoms with Gasteiger partial charge in [0.2, 0.25) is 5.91 Å². The maximum Gasteiger partial charge on any atom is 0.232 e. The number of nitrogens with one attached hydrogen (secondary N) is 1. The number of ether oxygens (including phenoxy) is 3. The highest BCUT2D eigenvalue weighted by Crippen LogP contribution is 2.44. The van der Waals surface area contributed by atoms with Gasteiger partial charge in [0.15, 0.2) is 17.3 Å². The topological polar surface area (TPSA) is 82.8 Å². The largest absolute Gasteiger partial charge is 0.486 e. The Balaban J connectivity index is 1.21. The lowest BCUT2D eigenvalue weighted by Gasteiger charge is -2.27. The molecule has 3 aromatic carbocycles. The summed E-state index contributed by atoms with van der Waals surface area (Å²) in [5, 5.41) is 7.13. The number of benzene rings is 3. The van der Waals surface area contributed by atoms with Crippen molar-refractivity contribution in [2.45, 2.75) is 12.5 Å². The van der Waals surface area contributed by atoms with Crippen molar-refractivity contribution < 1.29 is 23.5 Å². The van der Waals surface area contributed by atoms with Crippen LogP contribution < -0.4 is 19.5 Å². The molecule has 0 saturated carbocycles.